The number of nitrogens with one attached hydrogen (secondary N) is 2. The van der Waals surface area contributed by atoms with Crippen LogP contribution >= 0.6 is 11.6 Å². The highest BCUT2D eigenvalue weighted by Gasteiger charge is 2.13. The molecule has 0 aromatic heterocycles. The lowest BCUT2D eigenvalue weighted by Crippen LogP contribution is -2.41. The molecule has 0 amide bonds. The molecule has 30 heavy (non-hydrogen) atoms. The molecule has 6 nitrogen and oxygen atoms in total. The molecule has 1 atom stereocenters. The average molecular weight is 431 g/mol. The van der Waals surface area contributed by atoms with Gasteiger partial charge in [-0.25, -0.2) is 0 Å². The first-order valence-corrected chi connectivity index (χ1v) is 10.8. The third-order valence-corrected chi connectivity index (χ3v) is 5.32. The van der Waals surface area contributed by atoms with Crippen molar-refractivity contribution in [2.24, 2.45) is 4.99 Å². The Labute approximate surface area is 184 Å². The van der Waals surface area contributed by atoms with Gasteiger partial charge in [0, 0.05) is 33.2 Å². The predicted molar refractivity (Wildman–Crippen MR) is 122 cm³/mol. The summed E-state index contributed by atoms with van der Waals surface area (Å²) in [7, 11) is 1.77. The van der Waals surface area contributed by atoms with Crippen LogP contribution in [-0.2, 0) is 17.8 Å². The summed E-state index contributed by atoms with van der Waals surface area (Å²) in [6, 6.07) is 16.0. The van der Waals surface area contributed by atoms with Gasteiger partial charge in [-0.3, -0.25) is 9.89 Å². The summed E-state index contributed by atoms with van der Waals surface area (Å²) in [6.07, 6.45) is -0.0583. The van der Waals surface area contributed by atoms with Crippen LogP contribution < -0.4 is 15.4 Å². The standard InChI is InChI=1S/C23H31ClN4O2/c1-18(30-22-10-6-5-9-21(22)24)15-26-23(25-2)27-16-19-7-3-4-8-20(19)17-28-11-13-29-14-12-28/h3-10,18H,11-17H2,1-2H3,(H2,25,26,27). The van der Waals surface area contributed by atoms with Crippen molar-refractivity contribution in [3.8, 4) is 5.75 Å². The van der Waals surface area contributed by atoms with Crippen LogP contribution in [0.2, 0.25) is 5.02 Å². The number of aliphatic imine (C=N–C) groups is 1. The van der Waals surface area contributed by atoms with Crippen molar-refractivity contribution >= 4 is 17.6 Å². The van der Waals surface area contributed by atoms with Gasteiger partial charge in [-0.05, 0) is 30.2 Å². The molecule has 1 unspecified atom stereocenters. The molecular weight excluding hydrogens is 400 g/mol. The molecule has 1 saturated heterocycles. The second-order valence-corrected chi connectivity index (χ2v) is 7.73. The Morgan fingerprint density at radius 2 is 1.80 bits per heavy atom. The van der Waals surface area contributed by atoms with E-state index in [0.29, 0.717) is 23.9 Å². The monoisotopic (exact) mass is 430 g/mol. The number of nitrogens with zero attached hydrogens (tertiary/aromatic N) is 2. The zero-order chi connectivity index (χ0) is 21.2. The Hall–Kier alpha value is -2.28. The van der Waals surface area contributed by atoms with Crippen LogP contribution in [0.15, 0.2) is 53.5 Å². The number of guanidine groups is 1. The molecule has 0 aliphatic carbocycles. The van der Waals surface area contributed by atoms with Crippen molar-refractivity contribution in [1.82, 2.24) is 15.5 Å². The van der Waals surface area contributed by atoms with E-state index in [4.69, 9.17) is 21.1 Å². The molecule has 0 spiro atoms. The third kappa shape index (κ3) is 6.90. The van der Waals surface area contributed by atoms with E-state index in [1.165, 1.54) is 11.1 Å². The van der Waals surface area contributed by atoms with Crippen LogP contribution in [0.5, 0.6) is 5.75 Å². The average Bonchev–Trinajstić information content (AvgIpc) is 2.77. The summed E-state index contributed by atoms with van der Waals surface area (Å²) < 4.78 is 11.4. The number of morpholine rings is 1. The Balaban J connectivity index is 1.49. The van der Waals surface area contributed by atoms with Crippen LogP contribution in [0.4, 0.5) is 0 Å². The minimum atomic E-state index is -0.0583. The highest BCUT2D eigenvalue weighted by molar-refractivity contribution is 6.32. The first-order chi connectivity index (χ1) is 14.7. The molecule has 2 aromatic rings. The van der Waals surface area contributed by atoms with Crippen LogP contribution in [0.3, 0.4) is 0 Å². The molecule has 2 N–H and O–H groups in total. The third-order valence-electron chi connectivity index (χ3n) is 5.01. The molecule has 162 valence electrons. The lowest BCUT2D eigenvalue weighted by molar-refractivity contribution is 0.0341. The van der Waals surface area contributed by atoms with E-state index in [1.807, 2.05) is 31.2 Å². The second-order valence-electron chi connectivity index (χ2n) is 7.32. The number of rotatable bonds is 8. The number of halogens is 1. The Bertz CT molecular complexity index is 824. The zero-order valence-corrected chi connectivity index (χ0v) is 18.5. The van der Waals surface area contributed by atoms with Crippen molar-refractivity contribution < 1.29 is 9.47 Å². The molecule has 1 aliphatic rings. The summed E-state index contributed by atoms with van der Waals surface area (Å²) >= 11 is 6.17. The molecule has 7 heteroatoms. The highest BCUT2D eigenvalue weighted by atomic mass is 35.5. The predicted octanol–water partition coefficient (Wildman–Crippen LogP) is 3.30. The number of hydrogen-bond donors (Lipinski definition) is 2. The first-order valence-electron chi connectivity index (χ1n) is 10.4. The summed E-state index contributed by atoms with van der Waals surface area (Å²) in [6.45, 7) is 7.84. The highest BCUT2D eigenvalue weighted by Crippen LogP contribution is 2.24. The van der Waals surface area contributed by atoms with Crippen molar-refractivity contribution in [2.75, 3.05) is 39.9 Å². The molecular formula is C23H31ClN4O2. The van der Waals surface area contributed by atoms with E-state index in [2.05, 4.69) is 44.8 Å². The smallest absolute Gasteiger partial charge is 0.191 e. The van der Waals surface area contributed by atoms with Gasteiger partial charge in [0.2, 0.25) is 0 Å². The van der Waals surface area contributed by atoms with Crippen molar-refractivity contribution in [2.45, 2.75) is 26.1 Å². The zero-order valence-electron chi connectivity index (χ0n) is 17.7. The Kier molecular flexibility index (Phi) is 8.81. The summed E-state index contributed by atoms with van der Waals surface area (Å²) in [5, 5.41) is 7.35. The van der Waals surface area contributed by atoms with Crippen molar-refractivity contribution in [1.29, 1.82) is 0 Å². The van der Waals surface area contributed by atoms with Crippen molar-refractivity contribution in [3.63, 3.8) is 0 Å². The molecule has 3 rings (SSSR count). The molecule has 0 bridgehead atoms. The fourth-order valence-electron chi connectivity index (χ4n) is 3.32. The fourth-order valence-corrected chi connectivity index (χ4v) is 3.50. The quantitative estimate of drug-likeness (QED) is 0.497. The molecule has 1 heterocycles. The van der Waals surface area contributed by atoms with E-state index >= 15 is 0 Å². The summed E-state index contributed by atoms with van der Waals surface area (Å²) in [5.41, 5.74) is 2.60. The Morgan fingerprint density at radius 1 is 1.10 bits per heavy atom. The largest absolute Gasteiger partial charge is 0.487 e. The maximum Gasteiger partial charge on any atom is 0.191 e. The van der Waals surface area contributed by atoms with Gasteiger partial charge < -0.3 is 20.1 Å². The number of para-hydroxylation sites is 1. The molecule has 0 saturated carbocycles. The van der Waals surface area contributed by atoms with Crippen LogP contribution in [0, 0.1) is 0 Å². The number of ether oxygens (including phenoxy) is 2. The van der Waals surface area contributed by atoms with E-state index in [9.17, 15) is 0 Å². The number of hydrogen-bond acceptors (Lipinski definition) is 4. The maximum atomic E-state index is 6.17. The SMILES string of the molecule is CN=C(NCc1ccccc1CN1CCOCC1)NCC(C)Oc1ccccc1Cl. The van der Waals surface area contributed by atoms with Gasteiger partial charge in [-0.2, -0.15) is 0 Å². The lowest BCUT2D eigenvalue weighted by Gasteiger charge is -2.27. The van der Waals surface area contributed by atoms with E-state index in [-0.39, 0.29) is 6.10 Å². The molecule has 1 fully saturated rings. The molecule has 1 aliphatic heterocycles. The van der Waals surface area contributed by atoms with Gasteiger partial charge in [0.15, 0.2) is 5.96 Å². The number of benzene rings is 2. The molecule has 0 radical (unpaired) electrons. The van der Waals surface area contributed by atoms with E-state index in [1.54, 1.807) is 7.05 Å². The van der Waals surface area contributed by atoms with Crippen LogP contribution in [0.1, 0.15) is 18.1 Å². The normalized spacial score (nSPS) is 16.2. The van der Waals surface area contributed by atoms with E-state index in [0.717, 1.165) is 38.8 Å². The summed E-state index contributed by atoms with van der Waals surface area (Å²) in [4.78, 5) is 6.76. The minimum Gasteiger partial charge on any atom is -0.487 e. The second kappa shape index (κ2) is 11.8. The van der Waals surface area contributed by atoms with Gasteiger partial charge in [0.05, 0.1) is 24.8 Å². The topological polar surface area (TPSA) is 58.1 Å². The van der Waals surface area contributed by atoms with Crippen LogP contribution in [0.25, 0.3) is 0 Å². The van der Waals surface area contributed by atoms with Crippen LogP contribution in [-0.4, -0.2) is 56.9 Å². The Morgan fingerprint density at radius 3 is 2.53 bits per heavy atom. The van der Waals surface area contributed by atoms with Gasteiger partial charge in [0.1, 0.15) is 11.9 Å². The maximum absolute atomic E-state index is 6.17. The summed E-state index contributed by atoms with van der Waals surface area (Å²) in [5.74, 6) is 1.43. The van der Waals surface area contributed by atoms with Gasteiger partial charge in [0.25, 0.3) is 0 Å². The van der Waals surface area contributed by atoms with Gasteiger partial charge >= 0.3 is 0 Å². The van der Waals surface area contributed by atoms with Gasteiger partial charge in [-0.15, -0.1) is 0 Å². The minimum absolute atomic E-state index is 0.0583. The first kappa shape index (κ1) is 22.4. The lowest BCUT2D eigenvalue weighted by atomic mass is 10.1. The van der Waals surface area contributed by atoms with Gasteiger partial charge in [-0.1, -0.05) is 48.0 Å². The van der Waals surface area contributed by atoms with E-state index < -0.39 is 0 Å². The molecule has 2 aromatic carbocycles. The van der Waals surface area contributed by atoms with Crippen molar-refractivity contribution in [3.05, 3.63) is 64.7 Å². The fraction of sp³-hybridized carbons (Fsp3) is 0.435.